The summed E-state index contributed by atoms with van der Waals surface area (Å²) in [4.78, 5) is 3.99. The van der Waals surface area contributed by atoms with E-state index in [-0.39, 0.29) is 11.9 Å². The fourth-order valence-electron chi connectivity index (χ4n) is 2.05. The number of rotatable bonds is 6. The summed E-state index contributed by atoms with van der Waals surface area (Å²) in [5.41, 5.74) is 6.73. The Labute approximate surface area is 122 Å². The van der Waals surface area contributed by atoms with E-state index >= 15 is 0 Å². The lowest BCUT2D eigenvalue weighted by atomic mass is 10.1. The molecule has 4 N–H and O–H groups in total. The van der Waals surface area contributed by atoms with Crippen LogP contribution in [-0.2, 0) is 13.1 Å². The highest BCUT2D eigenvalue weighted by molar-refractivity contribution is 5.98. The molecule has 2 rings (SSSR count). The maximum Gasteiger partial charge on any atom is 0.170 e. The number of halogens is 1. The Balaban J connectivity index is 2.02. The Morgan fingerprint density at radius 2 is 2.38 bits per heavy atom. The SMILES string of the molecule is CC(Cn1ccnc1)NCc1ccc(F)cc1C(N)=NO. The van der Waals surface area contributed by atoms with Gasteiger partial charge in [-0.05, 0) is 24.6 Å². The minimum atomic E-state index is -0.424. The summed E-state index contributed by atoms with van der Waals surface area (Å²) in [5.74, 6) is -0.527. The maximum atomic E-state index is 13.3. The molecule has 1 heterocycles. The first-order valence-electron chi connectivity index (χ1n) is 6.55. The molecule has 0 aliphatic heterocycles. The van der Waals surface area contributed by atoms with Crippen molar-refractivity contribution in [2.24, 2.45) is 10.9 Å². The van der Waals surface area contributed by atoms with E-state index in [0.717, 1.165) is 12.1 Å². The molecule has 0 aliphatic carbocycles. The lowest BCUT2D eigenvalue weighted by Crippen LogP contribution is -2.30. The van der Waals surface area contributed by atoms with Crippen LogP contribution in [0, 0.1) is 5.82 Å². The summed E-state index contributed by atoms with van der Waals surface area (Å²) in [5, 5.41) is 15.0. The van der Waals surface area contributed by atoms with Crippen molar-refractivity contribution in [1.29, 1.82) is 0 Å². The topological polar surface area (TPSA) is 88.5 Å². The molecule has 1 aromatic heterocycles. The number of nitrogens with one attached hydrogen (secondary N) is 1. The largest absolute Gasteiger partial charge is 0.409 e. The molecule has 6 nitrogen and oxygen atoms in total. The number of hydrogen-bond donors (Lipinski definition) is 3. The Morgan fingerprint density at radius 3 is 3.05 bits per heavy atom. The summed E-state index contributed by atoms with van der Waals surface area (Å²) >= 11 is 0. The average molecular weight is 291 g/mol. The van der Waals surface area contributed by atoms with Crippen LogP contribution in [0.1, 0.15) is 18.1 Å². The van der Waals surface area contributed by atoms with Crippen molar-refractivity contribution in [1.82, 2.24) is 14.9 Å². The second-order valence-corrected chi connectivity index (χ2v) is 4.83. The highest BCUT2D eigenvalue weighted by Gasteiger charge is 2.10. The number of aromatic nitrogens is 2. The van der Waals surface area contributed by atoms with Gasteiger partial charge in [-0.2, -0.15) is 0 Å². The van der Waals surface area contributed by atoms with Crippen molar-refractivity contribution in [3.05, 3.63) is 53.9 Å². The number of imidazole rings is 1. The van der Waals surface area contributed by atoms with Crippen molar-refractivity contribution in [3.8, 4) is 0 Å². The van der Waals surface area contributed by atoms with Crippen molar-refractivity contribution >= 4 is 5.84 Å². The molecule has 0 saturated heterocycles. The normalized spacial score (nSPS) is 13.3. The zero-order chi connectivity index (χ0) is 15.2. The van der Waals surface area contributed by atoms with E-state index < -0.39 is 5.82 Å². The molecule has 0 bridgehead atoms. The van der Waals surface area contributed by atoms with E-state index in [9.17, 15) is 4.39 Å². The highest BCUT2D eigenvalue weighted by Crippen LogP contribution is 2.11. The van der Waals surface area contributed by atoms with Gasteiger partial charge < -0.3 is 20.8 Å². The van der Waals surface area contributed by atoms with Crippen molar-refractivity contribution < 1.29 is 9.60 Å². The fourth-order valence-corrected chi connectivity index (χ4v) is 2.05. The zero-order valence-corrected chi connectivity index (χ0v) is 11.7. The Kier molecular flexibility index (Phi) is 4.89. The molecule has 0 spiro atoms. The molecule has 21 heavy (non-hydrogen) atoms. The minimum absolute atomic E-state index is 0.103. The molecule has 0 amide bonds. The molecule has 0 aliphatic rings. The van der Waals surface area contributed by atoms with Crippen molar-refractivity contribution in [2.45, 2.75) is 26.1 Å². The highest BCUT2D eigenvalue weighted by atomic mass is 19.1. The Bertz CT molecular complexity index is 612. The summed E-state index contributed by atoms with van der Waals surface area (Å²) < 4.78 is 15.2. The molecule has 112 valence electrons. The molecule has 1 aromatic carbocycles. The average Bonchev–Trinajstić information content (AvgIpc) is 2.98. The number of nitrogens with zero attached hydrogens (tertiary/aromatic N) is 3. The first-order valence-corrected chi connectivity index (χ1v) is 6.55. The lowest BCUT2D eigenvalue weighted by molar-refractivity contribution is 0.318. The van der Waals surface area contributed by atoms with Gasteiger partial charge in [0.05, 0.1) is 6.33 Å². The second-order valence-electron chi connectivity index (χ2n) is 4.83. The number of amidine groups is 1. The molecule has 1 unspecified atom stereocenters. The number of hydrogen-bond acceptors (Lipinski definition) is 4. The van der Waals surface area contributed by atoms with Crippen LogP contribution in [0.3, 0.4) is 0 Å². The number of benzene rings is 1. The first-order chi connectivity index (χ1) is 10.1. The van der Waals surface area contributed by atoms with Crippen LogP contribution in [0.5, 0.6) is 0 Å². The van der Waals surface area contributed by atoms with Gasteiger partial charge in [0.1, 0.15) is 5.82 Å². The Hall–Kier alpha value is -2.41. The zero-order valence-electron chi connectivity index (χ0n) is 11.7. The molecular formula is C14H18FN5O. The third-order valence-electron chi connectivity index (χ3n) is 3.14. The van der Waals surface area contributed by atoms with Crippen LogP contribution in [0.2, 0.25) is 0 Å². The molecule has 2 aromatic rings. The lowest BCUT2D eigenvalue weighted by Gasteiger charge is -2.16. The van der Waals surface area contributed by atoms with Crippen LogP contribution in [0.25, 0.3) is 0 Å². The van der Waals surface area contributed by atoms with Crippen LogP contribution in [-0.4, -0.2) is 26.6 Å². The monoisotopic (exact) mass is 291 g/mol. The van der Waals surface area contributed by atoms with E-state index in [1.807, 2.05) is 17.7 Å². The van der Waals surface area contributed by atoms with Gasteiger partial charge in [-0.3, -0.25) is 0 Å². The summed E-state index contributed by atoms with van der Waals surface area (Å²) in [6.07, 6.45) is 5.36. The molecule has 0 saturated carbocycles. The number of oxime groups is 1. The number of nitrogens with two attached hydrogens (primary N) is 1. The second kappa shape index (κ2) is 6.85. The molecule has 0 radical (unpaired) electrons. The van der Waals surface area contributed by atoms with Gasteiger partial charge in [-0.1, -0.05) is 11.2 Å². The van der Waals surface area contributed by atoms with E-state index in [1.54, 1.807) is 18.6 Å². The van der Waals surface area contributed by atoms with Crippen molar-refractivity contribution in [2.75, 3.05) is 0 Å². The van der Waals surface area contributed by atoms with Gasteiger partial charge >= 0.3 is 0 Å². The molecule has 7 heteroatoms. The quantitative estimate of drug-likeness (QED) is 0.324. The third kappa shape index (κ3) is 4.03. The minimum Gasteiger partial charge on any atom is -0.409 e. The van der Waals surface area contributed by atoms with Gasteiger partial charge in [0.2, 0.25) is 0 Å². The van der Waals surface area contributed by atoms with Crippen molar-refractivity contribution in [3.63, 3.8) is 0 Å². The van der Waals surface area contributed by atoms with Gasteiger partial charge in [0.25, 0.3) is 0 Å². The first kappa shape index (κ1) is 15.0. The van der Waals surface area contributed by atoms with Crippen LogP contribution >= 0.6 is 0 Å². The molecule has 0 fully saturated rings. The van der Waals surface area contributed by atoms with E-state index in [1.165, 1.54) is 12.1 Å². The summed E-state index contributed by atoms with van der Waals surface area (Å²) in [6.45, 7) is 3.29. The predicted octanol–water partition coefficient (Wildman–Crippen LogP) is 1.29. The smallest absolute Gasteiger partial charge is 0.170 e. The van der Waals surface area contributed by atoms with Crippen LogP contribution in [0.4, 0.5) is 4.39 Å². The molecular weight excluding hydrogens is 273 g/mol. The van der Waals surface area contributed by atoms with Gasteiger partial charge in [-0.25, -0.2) is 9.37 Å². The van der Waals surface area contributed by atoms with Crippen LogP contribution < -0.4 is 11.1 Å². The molecule has 1 atom stereocenters. The standard InChI is InChI=1S/C14H18FN5O/c1-10(8-20-5-4-17-9-20)18-7-11-2-3-12(15)6-13(11)14(16)19-21/h2-6,9-10,18,21H,7-8H2,1H3,(H2,16,19). The van der Waals surface area contributed by atoms with Gasteiger partial charge in [0.15, 0.2) is 5.84 Å². The van der Waals surface area contributed by atoms with E-state index in [2.05, 4.69) is 15.5 Å². The van der Waals surface area contributed by atoms with Gasteiger partial charge in [0, 0.05) is 37.1 Å². The fraction of sp³-hybridized carbons (Fsp3) is 0.286. The van der Waals surface area contributed by atoms with Crippen LogP contribution in [0.15, 0.2) is 42.1 Å². The summed E-state index contributed by atoms with van der Waals surface area (Å²) in [7, 11) is 0. The third-order valence-corrected chi connectivity index (χ3v) is 3.14. The van der Waals surface area contributed by atoms with E-state index in [0.29, 0.717) is 12.1 Å². The van der Waals surface area contributed by atoms with E-state index in [4.69, 9.17) is 10.9 Å². The Morgan fingerprint density at radius 1 is 1.57 bits per heavy atom. The predicted molar refractivity (Wildman–Crippen MR) is 77.4 cm³/mol. The maximum absolute atomic E-state index is 13.3. The summed E-state index contributed by atoms with van der Waals surface area (Å²) in [6, 6.07) is 4.42. The van der Waals surface area contributed by atoms with Gasteiger partial charge in [-0.15, -0.1) is 0 Å².